The number of halogens is 1. The number of nitrogens with zero attached hydrogens (tertiary/aromatic N) is 4. The van der Waals surface area contributed by atoms with Crippen LogP contribution in [-0.4, -0.2) is 19.2 Å². The Hall–Kier alpha value is -2.50. The van der Waals surface area contributed by atoms with E-state index in [1.165, 1.54) is 16.7 Å². The summed E-state index contributed by atoms with van der Waals surface area (Å²) in [5.41, 5.74) is 0.847. The number of hydrogen-bond donors (Lipinski definition) is 0. The average molecular weight is 342 g/mol. The molecule has 0 bridgehead atoms. The van der Waals surface area contributed by atoms with Gasteiger partial charge in [0.15, 0.2) is 0 Å². The minimum atomic E-state index is -0.307. The van der Waals surface area contributed by atoms with Gasteiger partial charge >= 0.3 is 0 Å². The monoisotopic (exact) mass is 342 g/mol. The van der Waals surface area contributed by atoms with Crippen molar-refractivity contribution < 1.29 is 4.39 Å². The Morgan fingerprint density at radius 1 is 1.20 bits per heavy atom. The van der Waals surface area contributed by atoms with Gasteiger partial charge in [0.05, 0.1) is 6.54 Å². The molecular weight excluding hydrogens is 319 g/mol. The number of unbranched alkanes of at least 4 members (excludes halogenated alkanes) is 1. The molecule has 25 heavy (non-hydrogen) atoms. The standard InChI is InChI=1S/C19H23FN4O/c1-3-5-8-15(4-2)17-21-22-18-19(25)23(10-11-24(17)18)13-14-7-6-9-16(20)12-14/h6-7,9-12,15H,3-5,8,13H2,1-2H3. The zero-order valence-corrected chi connectivity index (χ0v) is 14.7. The largest absolute Gasteiger partial charge is 0.306 e. The fourth-order valence-corrected chi connectivity index (χ4v) is 3.14. The number of rotatable bonds is 7. The van der Waals surface area contributed by atoms with Crippen LogP contribution in [0.3, 0.4) is 0 Å². The zero-order valence-electron chi connectivity index (χ0n) is 14.7. The summed E-state index contributed by atoms with van der Waals surface area (Å²) in [5.74, 6) is 0.840. The maximum Gasteiger partial charge on any atom is 0.296 e. The van der Waals surface area contributed by atoms with Crippen LogP contribution in [0.15, 0.2) is 41.5 Å². The molecule has 2 heterocycles. The first-order valence-electron chi connectivity index (χ1n) is 8.82. The highest BCUT2D eigenvalue weighted by atomic mass is 19.1. The van der Waals surface area contributed by atoms with Crippen molar-refractivity contribution in [1.29, 1.82) is 0 Å². The summed E-state index contributed by atoms with van der Waals surface area (Å²) < 4.78 is 16.7. The first-order valence-corrected chi connectivity index (χ1v) is 8.82. The smallest absolute Gasteiger partial charge is 0.296 e. The van der Waals surface area contributed by atoms with E-state index >= 15 is 0 Å². The Morgan fingerprint density at radius 3 is 2.76 bits per heavy atom. The third-order valence-electron chi connectivity index (χ3n) is 4.58. The van der Waals surface area contributed by atoms with E-state index < -0.39 is 0 Å². The number of hydrogen-bond acceptors (Lipinski definition) is 3. The molecule has 1 unspecified atom stereocenters. The predicted molar refractivity (Wildman–Crippen MR) is 95.3 cm³/mol. The third kappa shape index (κ3) is 3.62. The Morgan fingerprint density at radius 2 is 2.04 bits per heavy atom. The van der Waals surface area contributed by atoms with Crippen LogP contribution < -0.4 is 5.56 Å². The molecule has 0 aliphatic rings. The SMILES string of the molecule is CCCCC(CC)c1nnc2c(=O)n(Cc3cccc(F)c3)ccn12. The molecule has 5 nitrogen and oxygen atoms in total. The van der Waals surface area contributed by atoms with E-state index in [1.807, 2.05) is 6.20 Å². The van der Waals surface area contributed by atoms with E-state index in [0.717, 1.165) is 37.1 Å². The fraction of sp³-hybridized carbons (Fsp3) is 0.421. The Kier molecular flexibility index (Phi) is 5.26. The van der Waals surface area contributed by atoms with Crippen LogP contribution in [0.25, 0.3) is 5.65 Å². The molecule has 0 N–H and O–H groups in total. The Bertz CT molecular complexity index is 915. The minimum Gasteiger partial charge on any atom is -0.306 e. The second kappa shape index (κ2) is 7.59. The zero-order chi connectivity index (χ0) is 17.8. The van der Waals surface area contributed by atoms with Crippen molar-refractivity contribution in [3.05, 3.63) is 64.2 Å². The quantitative estimate of drug-likeness (QED) is 0.657. The van der Waals surface area contributed by atoms with Gasteiger partial charge in [0.1, 0.15) is 11.6 Å². The maximum atomic E-state index is 13.3. The summed E-state index contributed by atoms with van der Waals surface area (Å²) in [4.78, 5) is 12.7. The van der Waals surface area contributed by atoms with Gasteiger partial charge in [0.25, 0.3) is 5.56 Å². The minimum absolute atomic E-state index is 0.212. The van der Waals surface area contributed by atoms with Gasteiger partial charge in [-0.25, -0.2) is 4.39 Å². The summed E-state index contributed by atoms with van der Waals surface area (Å²) in [7, 11) is 0. The van der Waals surface area contributed by atoms with Crippen LogP contribution in [-0.2, 0) is 6.54 Å². The highest BCUT2D eigenvalue weighted by Gasteiger charge is 2.18. The number of aromatic nitrogens is 4. The fourth-order valence-electron chi connectivity index (χ4n) is 3.14. The van der Waals surface area contributed by atoms with Gasteiger partial charge in [-0.2, -0.15) is 0 Å². The van der Waals surface area contributed by atoms with Crippen molar-refractivity contribution in [1.82, 2.24) is 19.2 Å². The van der Waals surface area contributed by atoms with Crippen LogP contribution in [0.1, 0.15) is 56.8 Å². The lowest BCUT2D eigenvalue weighted by Crippen LogP contribution is -2.22. The molecule has 6 heteroatoms. The van der Waals surface area contributed by atoms with Gasteiger partial charge in [-0.15, -0.1) is 10.2 Å². The lowest BCUT2D eigenvalue weighted by molar-refractivity contribution is 0.538. The molecule has 0 amide bonds. The summed E-state index contributed by atoms with van der Waals surface area (Å²) in [6.45, 7) is 4.61. The molecule has 0 saturated carbocycles. The van der Waals surface area contributed by atoms with Crippen molar-refractivity contribution in [2.24, 2.45) is 0 Å². The highest BCUT2D eigenvalue weighted by molar-refractivity contribution is 5.35. The second-order valence-electron chi connectivity index (χ2n) is 6.36. The second-order valence-corrected chi connectivity index (χ2v) is 6.36. The first kappa shape index (κ1) is 17.3. The molecule has 132 valence electrons. The van der Waals surface area contributed by atoms with Crippen molar-refractivity contribution in [3.8, 4) is 0 Å². The van der Waals surface area contributed by atoms with Crippen molar-refractivity contribution >= 4 is 5.65 Å². The van der Waals surface area contributed by atoms with Crippen LogP contribution in [0, 0.1) is 5.82 Å². The molecule has 0 aliphatic heterocycles. The molecule has 0 spiro atoms. The van der Waals surface area contributed by atoms with E-state index in [4.69, 9.17) is 0 Å². The molecular formula is C19H23FN4O. The summed E-state index contributed by atoms with van der Waals surface area (Å²) in [6.07, 6.45) is 7.82. The van der Waals surface area contributed by atoms with Crippen molar-refractivity contribution in [2.45, 2.75) is 52.0 Å². The van der Waals surface area contributed by atoms with Crippen LogP contribution in [0.5, 0.6) is 0 Å². The molecule has 3 aromatic rings. The van der Waals surface area contributed by atoms with E-state index in [2.05, 4.69) is 24.0 Å². The van der Waals surface area contributed by atoms with Crippen LogP contribution >= 0.6 is 0 Å². The Balaban J connectivity index is 1.94. The van der Waals surface area contributed by atoms with Gasteiger partial charge in [0, 0.05) is 18.3 Å². The van der Waals surface area contributed by atoms with E-state index in [-0.39, 0.29) is 11.4 Å². The van der Waals surface area contributed by atoms with Crippen LogP contribution in [0.4, 0.5) is 4.39 Å². The average Bonchev–Trinajstić information content (AvgIpc) is 3.03. The lowest BCUT2D eigenvalue weighted by atomic mass is 9.99. The molecule has 3 rings (SSSR count). The molecule has 0 fully saturated rings. The Labute approximate surface area is 146 Å². The molecule has 0 radical (unpaired) electrons. The van der Waals surface area contributed by atoms with Gasteiger partial charge in [0.2, 0.25) is 5.65 Å². The van der Waals surface area contributed by atoms with Gasteiger partial charge in [-0.3, -0.25) is 9.20 Å². The van der Waals surface area contributed by atoms with E-state index in [1.54, 1.807) is 22.7 Å². The summed E-state index contributed by atoms with van der Waals surface area (Å²) >= 11 is 0. The van der Waals surface area contributed by atoms with Gasteiger partial charge in [-0.05, 0) is 30.5 Å². The highest BCUT2D eigenvalue weighted by Crippen LogP contribution is 2.23. The third-order valence-corrected chi connectivity index (χ3v) is 4.58. The topological polar surface area (TPSA) is 52.2 Å². The van der Waals surface area contributed by atoms with Gasteiger partial charge < -0.3 is 4.57 Å². The van der Waals surface area contributed by atoms with Crippen molar-refractivity contribution in [3.63, 3.8) is 0 Å². The van der Waals surface area contributed by atoms with Crippen molar-refractivity contribution in [2.75, 3.05) is 0 Å². The van der Waals surface area contributed by atoms with Gasteiger partial charge in [-0.1, -0.05) is 38.8 Å². The first-order chi connectivity index (χ1) is 12.1. The van der Waals surface area contributed by atoms with E-state index in [9.17, 15) is 9.18 Å². The number of benzene rings is 1. The lowest BCUT2D eigenvalue weighted by Gasteiger charge is -2.13. The number of fused-ring (bicyclic) bond motifs is 1. The van der Waals surface area contributed by atoms with Crippen LogP contribution in [0.2, 0.25) is 0 Å². The summed E-state index contributed by atoms with van der Waals surface area (Å²) in [6, 6.07) is 6.26. The molecule has 0 saturated heterocycles. The van der Waals surface area contributed by atoms with E-state index in [0.29, 0.717) is 18.1 Å². The predicted octanol–water partition coefficient (Wildman–Crippen LogP) is 3.76. The summed E-state index contributed by atoms with van der Waals surface area (Å²) in [5, 5.41) is 8.40. The maximum absolute atomic E-state index is 13.3. The molecule has 0 aliphatic carbocycles. The normalized spacial score (nSPS) is 12.6. The molecule has 2 aromatic heterocycles. The molecule has 1 atom stereocenters. The molecule has 1 aromatic carbocycles.